The highest BCUT2D eigenvalue weighted by Gasteiger charge is 2.47. The average molecular weight is 283 g/mol. The van der Waals surface area contributed by atoms with E-state index in [2.05, 4.69) is 55.4 Å². The molecule has 1 nitrogen and oxygen atoms in total. The molecule has 0 N–H and O–H groups in total. The summed E-state index contributed by atoms with van der Waals surface area (Å²) in [4.78, 5) is 0. The zero-order chi connectivity index (χ0) is 15.7. The van der Waals surface area contributed by atoms with Crippen molar-refractivity contribution >= 4 is 0 Å². The second-order valence-corrected chi connectivity index (χ2v) is 9.42. The zero-order valence-electron chi connectivity index (χ0n) is 15.4. The normalized spacial score (nSPS) is 23.4. The monoisotopic (exact) mass is 282 g/mol. The first-order valence-corrected chi connectivity index (χ1v) is 8.63. The molecule has 0 aliphatic heterocycles. The summed E-state index contributed by atoms with van der Waals surface area (Å²) in [5.74, 6) is 0. The topological polar surface area (TPSA) is 9.23 Å². The van der Waals surface area contributed by atoms with Gasteiger partial charge in [0.15, 0.2) is 0 Å². The fraction of sp³-hybridized carbons (Fsp3) is 1.00. The third-order valence-corrected chi connectivity index (χ3v) is 5.31. The Kier molecular flexibility index (Phi) is 5.39. The van der Waals surface area contributed by atoms with Crippen LogP contribution in [0.5, 0.6) is 0 Å². The molecule has 1 unspecified atom stereocenters. The Morgan fingerprint density at radius 1 is 0.850 bits per heavy atom. The van der Waals surface area contributed by atoms with E-state index in [9.17, 15) is 0 Å². The summed E-state index contributed by atoms with van der Waals surface area (Å²) in [6, 6.07) is 0. The Morgan fingerprint density at radius 3 is 1.70 bits per heavy atom. The van der Waals surface area contributed by atoms with E-state index >= 15 is 0 Å². The molecule has 0 bridgehead atoms. The van der Waals surface area contributed by atoms with Gasteiger partial charge in [0.2, 0.25) is 0 Å². The highest BCUT2D eigenvalue weighted by molar-refractivity contribution is 4.96. The minimum atomic E-state index is -0.0569. The predicted molar refractivity (Wildman–Crippen MR) is 89.1 cm³/mol. The summed E-state index contributed by atoms with van der Waals surface area (Å²) >= 11 is 0. The van der Waals surface area contributed by atoms with Gasteiger partial charge in [-0.05, 0) is 43.4 Å². The molecule has 1 rings (SSSR count). The maximum Gasteiger partial charge on any atom is 0.0715 e. The third-order valence-electron chi connectivity index (χ3n) is 5.31. The van der Waals surface area contributed by atoms with Gasteiger partial charge in [-0.1, -0.05) is 67.7 Å². The molecule has 1 aliphatic carbocycles. The van der Waals surface area contributed by atoms with Crippen molar-refractivity contribution in [3.05, 3.63) is 0 Å². The van der Waals surface area contributed by atoms with E-state index < -0.39 is 0 Å². The Bertz CT molecular complexity index is 299. The van der Waals surface area contributed by atoms with Crippen molar-refractivity contribution in [3.8, 4) is 0 Å². The second-order valence-electron chi connectivity index (χ2n) is 9.42. The SMILES string of the molecule is CCC1(OC(C)(CC(C)(C)C)C(C)(C)C)CCCCC1. The van der Waals surface area contributed by atoms with Crippen molar-refractivity contribution in [1.82, 2.24) is 0 Å². The molecule has 1 aliphatic rings. The van der Waals surface area contributed by atoms with Gasteiger partial charge in [-0.15, -0.1) is 0 Å². The van der Waals surface area contributed by atoms with Gasteiger partial charge in [0.05, 0.1) is 11.2 Å². The van der Waals surface area contributed by atoms with Crippen molar-refractivity contribution in [3.63, 3.8) is 0 Å². The molecule has 1 saturated carbocycles. The average Bonchev–Trinajstić information content (AvgIpc) is 2.26. The van der Waals surface area contributed by atoms with Gasteiger partial charge in [-0.2, -0.15) is 0 Å². The quantitative estimate of drug-likeness (QED) is 0.583. The van der Waals surface area contributed by atoms with Crippen molar-refractivity contribution in [2.75, 3.05) is 0 Å². The van der Waals surface area contributed by atoms with Crippen LogP contribution < -0.4 is 0 Å². The molecule has 0 aromatic rings. The Balaban J connectivity index is 2.99. The van der Waals surface area contributed by atoms with Crippen LogP contribution in [0.25, 0.3) is 0 Å². The number of hydrogen-bond acceptors (Lipinski definition) is 1. The molecule has 0 saturated heterocycles. The standard InChI is InChI=1S/C19H38O/c1-9-19(13-11-10-12-14-19)20-18(8,17(5,6)7)15-16(2,3)4/h9-15H2,1-8H3. The first-order valence-electron chi connectivity index (χ1n) is 8.63. The van der Waals surface area contributed by atoms with Crippen LogP contribution in [0.4, 0.5) is 0 Å². The van der Waals surface area contributed by atoms with Crippen LogP contribution >= 0.6 is 0 Å². The first kappa shape index (κ1) is 18.0. The van der Waals surface area contributed by atoms with Crippen molar-refractivity contribution in [1.29, 1.82) is 0 Å². The molecule has 1 atom stereocenters. The van der Waals surface area contributed by atoms with Gasteiger partial charge < -0.3 is 4.74 Å². The summed E-state index contributed by atoms with van der Waals surface area (Å²) in [6.07, 6.45) is 8.83. The van der Waals surface area contributed by atoms with E-state index in [1.807, 2.05) is 0 Å². The van der Waals surface area contributed by atoms with Crippen LogP contribution in [0.1, 0.15) is 100 Å². The van der Waals surface area contributed by atoms with Gasteiger partial charge in [-0.25, -0.2) is 0 Å². The number of ether oxygens (including phenoxy) is 1. The van der Waals surface area contributed by atoms with Gasteiger partial charge in [0.1, 0.15) is 0 Å². The lowest BCUT2D eigenvalue weighted by molar-refractivity contribution is -0.217. The van der Waals surface area contributed by atoms with Crippen LogP contribution in [0.15, 0.2) is 0 Å². The lowest BCUT2D eigenvalue weighted by Crippen LogP contribution is -2.52. The minimum absolute atomic E-state index is 0.0569. The molecule has 0 spiro atoms. The molecular weight excluding hydrogens is 244 g/mol. The smallest absolute Gasteiger partial charge is 0.0715 e. The molecule has 0 aromatic heterocycles. The van der Waals surface area contributed by atoms with Gasteiger partial charge in [-0.3, -0.25) is 0 Å². The molecule has 0 amide bonds. The molecule has 1 fully saturated rings. The van der Waals surface area contributed by atoms with Crippen molar-refractivity contribution in [2.24, 2.45) is 10.8 Å². The van der Waals surface area contributed by atoms with Gasteiger partial charge in [0, 0.05) is 0 Å². The molecule has 0 heterocycles. The maximum absolute atomic E-state index is 6.96. The molecule has 0 aromatic carbocycles. The van der Waals surface area contributed by atoms with Crippen molar-refractivity contribution < 1.29 is 4.74 Å². The highest BCUT2D eigenvalue weighted by Crippen LogP contribution is 2.48. The number of rotatable bonds is 4. The Morgan fingerprint density at radius 2 is 1.35 bits per heavy atom. The summed E-state index contributed by atoms with van der Waals surface area (Å²) in [6.45, 7) is 18.7. The summed E-state index contributed by atoms with van der Waals surface area (Å²) in [5, 5.41) is 0. The van der Waals surface area contributed by atoms with Gasteiger partial charge in [0.25, 0.3) is 0 Å². The van der Waals surface area contributed by atoms with E-state index in [0.29, 0.717) is 5.41 Å². The Labute approximate surface area is 127 Å². The van der Waals surface area contributed by atoms with Crippen LogP contribution in [0.3, 0.4) is 0 Å². The molecule has 120 valence electrons. The van der Waals surface area contributed by atoms with E-state index in [0.717, 1.165) is 12.8 Å². The summed E-state index contributed by atoms with van der Waals surface area (Å²) in [5.41, 5.74) is 0.537. The lowest BCUT2D eigenvalue weighted by Gasteiger charge is -2.52. The Hall–Kier alpha value is -0.0400. The van der Waals surface area contributed by atoms with Gasteiger partial charge >= 0.3 is 0 Å². The summed E-state index contributed by atoms with van der Waals surface area (Å²) < 4.78 is 6.96. The fourth-order valence-electron chi connectivity index (χ4n) is 3.67. The first-order chi connectivity index (χ1) is 8.93. The molecule has 1 heteroatoms. The van der Waals surface area contributed by atoms with Crippen molar-refractivity contribution in [2.45, 2.75) is 112 Å². The zero-order valence-corrected chi connectivity index (χ0v) is 15.4. The van der Waals surface area contributed by atoms with E-state index in [1.54, 1.807) is 0 Å². The van der Waals surface area contributed by atoms with Crippen LogP contribution in [0.2, 0.25) is 0 Å². The molecular formula is C19H38O. The van der Waals surface area contributed by atoms with Crippen LogP contribution in [-0.2, 0) is 4.74 Å². The van der Waals surface area contributed by atoms with Crippen LogP contribution in [-0.4, -0.2) is 11.2 Å². The number of hydrogen-bond donors (Lipinski definition) is 0. The third kappa shape index (κ3) is 4.48. The summed E-state index contributed by atoms with van der Waals surface area (Å²) in [7, 11) is 0. The fourth-order valence-corrected chi connectivity index (χ4v) is 3.67. The van der Waals surface area contributed by atoms with Crippen LogP contribution in [0, 0.1) is 10.8 Å². The largest absolute Gasteiger partial charge is 0.368 e. The lowest BCUT2D eigenvalue weighted by atomic mass is 9.68. The predicted octanol–water partition coefficient (Wildman–Crippen LogP) is 6.36. The van der Waals surface area contributed by atoms with E-state index in [1.165, 1.54) is 32.1 Å². The van der Waals surface area contributed by atoms with E-state index in [4.69, 9.17) is 4.74 Å². The molecule has 20 heavy (non-hydrogen) atoms. The minimum Gasteiger partial charge on any atom is -0.368 e. The highest BCUT2D eigenvalue weighted by atomic mass is 16.5. The second kappa shape index (κ2) is 5.99. The molecule has 0 radical (unpaired) electrons. The van der Waals surface area contributed by atoms with E-state index in [-0.39, 0.29) is 16.6 Å². The maximum atomic E-state index is 6.96.